The minimum atomic E-state index is -3.27. The Morgan fingerprint density at radius 2 is 2.23 bits per heavy atom. The fourth-order valence-corrected chi connectivity index (χ4v) is 1.22. The van der Waals surface area contributed by atoms with Gasteiger partial charge in [-0.25, -0.2) is 0 Å². The van der Waals surface area contributed by atoms with E-state index in [9.17, 15) is 8.78 Å². The lowest BCUT2D eigenvalue weighted by Gasteiger charge is -2.22. The number of dihydropyridines is 1. The first-order valence-electron chi connectivity index (χ1n) is 3.76. The largest absolute Gasteiger partial charge is 0.378 e. The fraction of sp³-hybridized carbons (Fsp3) is 0.500. The number of hydrogen-bond donors (Lipinski definition) is 1. The first-order chi connectivity index (χ1) is 5.91. The zero-order valence-electron chi connectivity index (χ0n) is 6.90. The maximum atomic E-state index is 12.5. The lowest BCUT2D eigenvalue weighted by atomic mass is 10.1. The van der Waals surface area contributed by atoms with Crippen molar-refractivity contribution < 1.29 is 8.78 Å². The molecule has 1 aliphatic rings. The van der Waals surface area contributed by atoms with Crippen molar-refractivity contribution >= 4 is 23.2 Å². The number of rotatable bonds is 2. The van der Waals surface area contributed by atoms with Crippen molar-refractivity contribution in [1.82, 2.24) is 5.32 Å². The second kappa shape index (κ2) is 3.84. The third-order valence-electron chi connectivity index (χ3n) is 1.72. The molecule has 0 aliphatic carbocycles. The molecule has 2 atom stereocenters. The molecule has 0 bridgehead atoms. The Morgan fingerprint density at radius 1 is 1.62 bits per heavy atom. The summed E-state index contributed by atoms with van der Waals surface area (Å²) in [6, 6.07) is -1.16. The van der Waals surface area contributed by atoms with Crippen LogP contribution in [0.15, 0.2) is 23.9 Å². The summed E-state index contributed by atoms with van der Waals surface area (Å²) in [6.45, 7) is 1.76. The monoisotopic (exact) mass is 227 g/mol. The Morgan fingerprint density at radius 3 is 2.54 bits per heavy atom. The Hall–Kier alpha value is -0.280. The molecular formula is C8H9Cl2F2N. The molecule has 1 rings (SSSR count). The van der Waals surface area contributed by atoms with Crippen LogP contribution in [0.4, 0.5) is 8.78 Å². The molecule has 1 nitrogen and oxygen atoms in total. The maximum Gasteiger partial charge on any atom is 0.344 e. The zero-order valence-corrected chi connectivity index (χ0v) is 8.41. The van der Waals surface area contributed by atoms with Crippen LogP contribution in [-0.2, 0) is 0 Å². The van der Waals surface area contributed by atoms with Crippen molar-refractivity contribution in [1.29, 1.82) is 0 Å². The van der Waals surface area contributed by atoms with Crippen molar-refractivity contribution in [2.75, 3.05) is 0 Å². The van der Waals surface area contributed by atoms with E-state index >= 15 is 0 Å². The lowest BCUT2D eigenvalue weighted by Crippen LogP contribution is -2.38. The number of nitrogens with one attached hydrogen (secondary N) is 1. The van der Waals surface area contributed by atoms with Gasteiger partial charge in [-0.15, -0.1) is 11.6 Å². The summed E-state index contributed by atoms with van der Waals surface area (Å²) < 4.78 is 25.1. The first-order valence-corrected chi connectivity index (χ1v) is 4.58. The van der Waals surface area contributed by atoms with Gasteiger partial charge in [-0.2, -0.15) is 8.78 Å². The highest BCUT2D eigenvalue weighted by Crippen LogP contribution is 2.27. The molecule has 13 heavy (non-hydrogen) atoms. The van der Waals surface area contributed by atoms with Gasteiger partial charge in [-0.1, -0.05) is 12.2 Å². The van der Waals surface area contributed by atoms with Gasteiger partial charge in [0.25, 0.3) is 0 Å². The van der Waals surface area contributed by atoms with Crippen LogP contribution in [0.3, 0.4) is 0 Å². The molecule has 0 spiro atoms. The van der Waals surface area contributed by atoms with Crippen molar-refractivity contribution in [3.8, 4) is 0 Å². The second-order valence-electron chi connectivity index (χ2n) is 2.81. The van der Waals surface area contributed by atoms with Crippen LogP contribution in [0.2, 0.25) is 0 Å². The van der Waals surface area contributed by atoms with Gasteiger partial charge < -0.3 is 5.32 Å². The van der Waals surface area contributed by atoms with Gasteiger partial charge in [0.1, 0.15) is 6.04 Å². The quantitative estimate of drug-likeness (QED) is 0.716. The molecule has 0 saturated carbocycles. The summed E-state index contributed by atoms with van der Waals surface area (Å²) in [4.78, 5) is 0. The molecule has 1 unspecified atom stereocenters. The summed E-state index contributed by atoms with van der Waals surface area (Å²) in [5.41, 5.74) is 0.763. The summed E-state index contributed by atoms with van der Waals surface area (Å²) >= 11 is 10.6. The molecule has 1 aliphatic heterocycles. The molecule has 0 aromatic rings. The van der Waals surface area contributed by atoms with E-state index in [4.69, 9.17) is 23.2 Å². The topological polar surface area (TPSA) is 12.0 Å². The van der Waals surface area contributed by atoms with Crippen molar-refractivity contribution in [3.05, 3.63) is 23.9 Å². The molecule has 74 valence electrons. The predicted molar refractivity (Wildman–Crippen MR) is 50.3 cm³/mol. The number of allylic oxidation sites excluding steroid dienone is 2. The van der Waals surface area contributed by atoms with Crippen molar-refractivity contribution in [2.24, 2.45) is 0 Å². The molecular weight excluding hydrogens is 219 g/mol. The highest BCUT2D eigenvalue weighted by molar-refractivity contribution is 6.23. The Labute approximate surface area is 85.4 Å². The van der Waals surface area contributed by atoms with E-state index in [1.807, 2.05) is 0 Å². The number of alkyl halides is 4. The summed E-state index contributed by atoms with van der Waals surface area (Å²) in [7, 11) is 0. The number of halogens is 4. The number of hydrogen-bond acceptors (Lipinski definition) is 1. The third kappa shape index (κ3) is 2.85. The minimum Gasteiger partial charge on any atom is -0.378 e. The summed E-state index contributed by atoms with van der Waals surface area (Å²) in [5.74, 6) is 0. The molecule has 0 aromatic carbocycles. The van der Waals surface area contributed by atoms with E-state index in [1.54, 1.807) is 13.0 Å². The average molecular weight is 228 g/mol. The standard InChI is InChI=1S/C8H9Cl2F2N/c1-5(9)6-2-3-7(13-4-6)8(10,11)12/h2-5,7,13H,1H3/t5-,7?/m1/s1. The van der Waals surface area contributed by atoms with E-state index in [1.165, 1.54) is 12.3 Å². The SMILES string of the molecule is C[C@@H](Cl)C1=CNC(C(F)(F)Cl)C=C1. The van der Waals surface area contributed by atoms with E-state index in [0.717, 1.165) is 5.57 Å². The zero-order chi connectivity index (χ0) is 10.1. The van der Waals surface area contributed by atoms with Crippen LogP contribution in [0, 0.1) is 0 Å². The van der Waals surface area contributed by atoms with Crippen LogP contribution in [0.5, 0.6) is 0 Å². The smallest absolute Gasteiger partial charge is 0.344 e. The second-order valence-corrected chi connectivity index (χ2v) is 3.96. The van der Waals surface area contributed by atoms with Gasteiger partial charge in [-0.3, -0.25) is 0 Å². The fourth-order valence-electron chi connectivity index (χ4n) is 0.948. The predicted octanol–water partition coefficient (Wildman–Crippen LogP) is 2.86. The average Bonchev–Trinajstić information content (AvgIpc) is 2.03. The van der Waals surface area contributed by atoms with E-state index < -0.39 is 11.4 Å². The summed E-state index contributed by atoms with van der Waals surface area (Å²) in [5, 5.41) is -0.995. The van der Waals surface area contributed by atoms with Gasteiger partial charge in [0.2, 0.25) is 0 Å². The van der Waals surface area contributed by atoms with Crippen LogP contribution >= 0.6 is 23.2 Å². The van der Waals surface area contributed by atoms with E-state index in [0.29, 0.717) is 0 Å². The van der Waals surface area contributed by atoms with Crippen molar-refractivity contribution in [3.63, 3.8) is 0 Å². The molecule has 0 fully saturated rings. The molecule has 0 aromatic heterocycles. The van der Waals surface area contributed by atoms with Crippen LogP contribution < -0.4 is 5.32 Å². The first kappa shape index (κ1) is 10.8. The third-order valence-corrected chi connectivity index (χ3v) is 2.21. The Balaban J connectivity index is 2.64. The van der Waals surface area contributed by atoms with Gasteiger partial charge in [-0.05, 0) is 24.1 Å². The molecule has 0 radical (unpaired) electrons. The molecule has 1 heterocycles. The summed E-state index contributed by atoms with van der Waals surface area (Å²) in [6.07, 6.45) is 4.31. The molecule has 0 amide bonds. The highest BCUT2D eigenvalue weighted by Gasteiger charge is 2.35. The van der Waals surface area contributed by atoms with E-state index in [-0.39, 0.29) is 5.38 Å². The van der Waals surface area contributed by atoms with E-state index in [2.05, 4.69) is 5.32 Å². The van der Waals surface area contributed by atoms with Gasteiger partial charge in [0.15, 0.2) is 0 Å². The minimum absolute atomic E-state index is 0.200. The van der Waals surface area contributed by atoms with Crippen LogP contribution in [0.25, 0.3) is 0 Å². The van der Waals surface area contributed by atoms with Gasteiger partial charge in [0.05, 0.1) is 5.38 Å². The highest BCUT2D eigenvalue weighted by atomic mass is 35.5. The normalized spacial score (nSPS) is 25.0. The van der Waals surface area contributed by atoms with Crippen LogP contribution in [-0.4, -0.2) is 16.8 Å². The van der Waals surface area contributed by atoms with Crippen molar-refractivity contribution in [2.45, 2.75) is 23.7 Å². The Bertz CT molecular complexity index is 243. The van der Waals surface area contributed by atoms with Gasteiger partial charge >= 0.3 is 5.38 Å². The lowest BCUT2D eigenvalue weighted by molar-refractivity contribution is 0.0724. The molecule has 5 heteroatoms. The molecule has 0 saturated heterocycles. The molecule has 1 N–H and O–H groups in total. The maximum absolute atomic E-state index is 12.5. The van der Waals surface area contributed by atoms with Crippen LogP contribution in [0.1, 0.15) is 6.92 Å². The van der Waals surface area contributed by atoms with Gasteiger partial charge in [0, 0.05) is 6.20 Å². The Kier molecular flexibility index (Phi) is 3.19.